The van der Waals surface area contributed by atoms with Crippen LogP contribution in [0.2, 0.25) is 0 Å². The van der Waals surface area contributed by atoms with Crippen LogP contribution in [0.4, 0.5) is 0 Å². The zero-order valence-corrected chi connectivity index (χ0v) is 29.9. The van der Waals surface area contributed by atoms with Crippen molar-refractivity contribution in [2.45, 2.75) is 74.8 Å². The Morgan fingerprint density at radius 2 is 1.42 bits per heavy atom. The highest BCUT2D eigenvalue weighted by molar-refractivity contribution is 9.10. The number of hydrogen-bond acceptors (Lipinski definition) is 4. The molecule has 1 fully saturated rings. The van der Waals surface area contributed by atoms with Gasteiger partial charge in [-0.25, -0.2) is 0 Å². The lowest BCUT2D eigenvalue weighted by molar-refractivity contribution is 0.148. The summed E-state index contributed by atoms with van der Waals surface area (Å²) < 4.78 is 7.19. The average molecular weight is 651 g/mol. The second-order valence-electron chi connectivity index (χ2n) is 9.75. The lowest BCUT2D eigenvalue weighted by Gasteiger charge is -2.32. The van der Waals surface area contributed by atoms with Crippen LogP contribution in [0.15, 0.2) is 83.6 Å². The van der Waals surface area contributed by atoms with Gasteiger partial charge in [-0.15, -0.1) is 0 Å². The fraction of sp³-hybridized carbons (Fsp3) is 0.447. The molecular formula is C38H56BrN3O. The minimum atomic E-state index is 0.647. The number of piperazine rings is 1. The molecule has 0 unspecified atom stereocenters. The molecule has 1 aliphatic heterocycles. The van der Waals surface area contributed by atoms with Gasteiger partial charge in [-0.05, 0) is 68.8 Å². The normalized spacial score (nSPS) is 12.7. The van der Waals surface area contributed by atoms with E-state index >= 15 is 0 Å². The molecule has 0 radical (unpaired) electrons. The highest BCUT2D eigenvalue weighted by Gasteiger charge is 2.14. The first-order chi connectivity index (χ1) is 21.1. The van der Waals surface area contributed by atoms with E-state index in [0.717, 1.165) is 49.4 Å². The summed E-state index contributed by atoms with van der Waals surface area (Å²) in [4.78, 5) is 9.21. The summed E-state index contributed by atoms with van der Waals surface area (Å²) >= 11 is 3.65. The van der Waals surface area contributed by atoms with Gasteiger partial charge in [-0.2, -0.15) is 0 Å². The van der Waals surface area contributed by atoms with Crippen LogP contribution >= 0.6 is 15.9 Å². The Labute approximate surface area is 271 Å². The first-order valence-corrected chi connectivity index (χ1v) is 17.1. The van der Waals surface area contributed by atoms with Crippen LogP contribution in [0, 0.1) is 0 Å². The topological polar surface area (TPSA) is 28.6 Å². The number of fused-ring (bicyclic) bond motifs is 1. The summed E-state index contributed by atoms with van der Waals surface area (Å²) in [7, 11) is 2.19. The molecule has 0 N–H and O–H groups in total. The van der Waals surface area contributed by atoms with Crippen LogP contribution in [0.1, 0.15) is 72.9 Å². The van der Waals surface area contributed by atoms with Gasteiger partial charge < -0.3 is 9.64 Å². The lowest BCUT2D eigenvalue weighted by Crippen LogP contribution is -2.43. The van der Waals surface area contributed by atoms with Gasteiger partial charge in [-0.1, -0.05) is 110 Å². The molecule has 0 aliphatic carbocycles. The van der Waals surface area contributed by atoms with Crippen molar-refractivity contribution in [3.8, 4) is 16.9 Å². The Morgan fingerprint density at radius 3 is 2.07 bits per heavy atom. The van der Waals surface area contributed by atoms with Crippen molar-refractivity contribution in [3.05, 3.63) is 94.7 Å². The minimum absolute atomic E-state index is 0.647. The van der Waals surface area contributed by atoms with Crippen molar-refractivity contribution in [2.24, 2.45) is 0 Å². The molecule has 43 heavy (non-hydrogen) atoms. The highest BCUT2D eigenvalue weighted by atomic mass is 79.9. The second kappa shape index (κ2) is 22.8. The first kappa shape index (κ1) is 38.3. The Kier molecular flexibility index (Phi) is 20.3. The van der Waals surface area contributed by atoms with E-state index < -0.39 is 0 Å². The van der Waals surface area contributed by atoms with Crippen LogP contribution in [0.5, 0.6) is 5.75 Å². The predicted molar refractivity (Wildman–Crippen MR) is 193 cm³/mol. The molecule has 0 bridgehead atoms. The summed E-state index contributed by atoms with van der Waals surface area (Å²) in [6.07, 6.45) is 5.91. The molecule has 0 saturated carbocycles. The molecule has 0 spiro atoms. The van der Waals surface area contributed by atoms with Gasteiger partial charge in [0.15, 0.2) is 0 Å². The average Bonchev–Trinajstić information content (AvgIpc) is 3.07. The second-order valence-corrected chi connectivity index (χ2v) is 10.6. The minimum Gasteiger partial charge on any atom is -0.492 e. The third-order valence-corrected chi connectivity index (χ3v) is 7.25. The predicted octanol–water partition coefficient (Wildman–Crippen LogP) is 10.5. The van der Waals surface area contributed by atoms with Crippen molar-refractivity contribution in [1.29, 1.82) is 0 Å². The van der Waals surface area contributed by atoms with E-state index in [1.54, 1.807) is 0 Å². The molecule has 1 saturated heterocycles. The van der Waals surface area contributed by atoms with Gasteiger partial charge in [-0.3, -0.25) is 9.88 Å². The molecule has 3 aromatic carbocycles. The van der Waals surface area contributed by atoms with Crippen molar-refractivity contribution in [2.75, 3.05) is 39.8 Å². The van der Waals surface area contributed by atoms with Gasteiger partial charge in [0.05, 0.1) is 11.1 Å². The zero-order valence-electron chi connectivity index (χ0n) is 28.3. The molecule has 0 amide bonds. The van der Waals surface area contributed by atoms with Crippen LogP contribution in [0.25, 0.3) is 21.9 Å². The number of benzene rings is 3. The zero-order chi connectivity index (χ0) is 32.0. The van der Waals surface area contributed by atoms with Gasteiger partial charge >= 0.3 is 0 Å². The maximum atomic E-state index is 6.18. The molecular weight excluding hydrogens is 594 g/mol. The van der Waals surface area contributed by atoms with E-state index in [1.165, 1.54) is 39.4 Å². The molecule has 4 aromatic rings. The van der Waals surface area contributed by atoms with E-state index in [-0.39, 0.29) is 0 Å². The maximum Gasteiger partial charge on any atom is 0.133 e. The highest BCUT2D eigenvalue weighted by Crippen LogP contribution is 2.29. The smallest absolute Gasteiger partial charge is 0.133 e. The Morgan fingerprint density at radius 1 is 0.791 bits per heavy atom. The number of halogens is 1. The summed E-state index contributed by atoms with van der Waals surface area (Å²) in [5.74, 6) is 0.923. The molecule has 2 heterocycles. The Balaban J connectivity index is 0.000000934. The lowest BCUT2D eigenvalue weighted by atomic mass is 9.98. The van der Waals surface area contributed by atoms with Crippen molar-refractivity contribution in [3.63, 3.8) is 0 Å². The van der Waals surface area contributed by atoms with Gasteiger partial charge in [0.2, 0.25) is 0 Å². The summed E-state index contributed by atoms with van der Waals surface area (Å²) in [6, 6.07) is 23.7. The van der Waals surface area contributed by atoms with E-state index in [1.807, 2.05) is 53.9 Å². The monoisotopic (exact) mass is 649 g/mol. The largest absolute Gasteiger partial charge is 0.492 e. The third kappa shape index (κ3) is 12.8. The SMILES string of the molecule is CC.CC.CC.CCC.CN1CCN(Cc2ccc(Br)c(OCCc3ccc(-c4cccc5ccncc45)cc3)c2)CC1. The summed E-state index contributed by atoms with van der Waals surface area (Å²) in [5, 5.41) is 2.40. The summed E-state index contributed by atoms with van der Waals surface area (Å²) in [6.45, 7) is 22.4. The number of hydrogen-bond donors (Lipinski definition) is 0. The Hall–Kier alpha value is -2.73. The molecule has 5 heteroatoms. The number of aromatic nitrogens is 1. The maximum absolute atomic E-state index is 6.18. The van der Waals surface area contributed by atoms with E-state index in [4.69, 9.17) is 4.74 Å². The van der Waals surface area contributed by atoms with Crippen LogP contribution < -0.4 is 4.74 Å². The number of pyridine rings is 1. The molecule has 5 rings (SSSR count). The molecule has 4 nitrogen and oxygen atoms in total. The fourth-order valence-corrected chi connectivity index (χ4v) is 4.88. The van der Waals surface area contributed by atoms with Crippen molar-refractivity contribution < 1.29 is 4.74 Å². The van der Waals surface area contributed by atoms with Gasteiger partial charge in [0.1, 0.15) is 5.75 Å². The van der Waals surface area contributed by atoms with Crippen molar-refractivity contribution in [1.82, 2.24) is 14.8 Å². The van der Waals surface area contributed by atoms with E-state index in [9.17, 15) is 0 Å². The number of rotatable bonds is 7. The van der Waals surface area contributed by atoms with E-state index in [0.29, 0.717) is 6.61 Å². The van der Waals surface area contributed by atoms with E-state index in [2.05, 4.69) is 118 Å². The fourth-order valence-electron chi connectivity index (χ4n) is 4.52. The molecule has 0 atom stereocenters. The number of likely N-dealkylation sites (N-methyl/N-ethyl adjacent to an activating group) is 1. The molecule has 1 aliphatic rings. The number of ether oxygens (including phenoxy) is 1. The van der Waals surface area contributed by atoms with Gasteiger partial charge in [0.25, 0.3) is 0 Å². The molecule has 1 aromatic heterocycles. The summed E-state index contributed by atoms with van der Waals surface area (Å²) in [5.41, 5.74) is 5.00. The molecule has 236 valence electrons. The van der Waals surface area contributed by atoms with Crippen LogP contribution in [-0.2, 0) is 13.0 Å². The van der Waals surface area contributed by atoms with Gasteiger partial charge in [0, 0.05) is 56.9 Å². The number of nitrogens with zero attached hydrogens (tertiary/aromatic N) is 3. The van der Waals surface area contributed by atoms with Crippen LogP contribution in [-0.4, -0.2) is 54.6 Å². The quantitative estimate of drug-likeness (QED) is 0.199. The van der Waals surface area contributed by atoms with Crippen LogP contribution in [0.3, 0.4) is 0 Å². The third-order valence-electron chi connectivity index (χ3n) is 6.59. The first-order valence-electron chi connectivity index (χ1n) is 16.3. The standard InChI is InChI=1S/C29H30BrN3O.C3H8.3C2H6/c1-32-14-16-33(17-15-32)21-23-7-10-28(30)29(19-23)34-18-12-22-5-8-25(9-6-22)26-4-2-3-24-11-13-31-20-27(24)26;1-3-2;3*1-2/h2-11,13,19-20H,12,14-18,21H2,1H3;3H2,1-2H3;3*1-2H3. The van der Waals surface area contributed by atoms with Crippen molar-refractivity contribution >= 4 is 26.7 Å². The Bertz CT molecular complexity index is 1260.